The van der Waals surface area contributed by atoms with Crippen LogP contribution in [0.1, 0.15) is 29.3 Å². The molecule has 35 heavy (non-hydrogen) atoms. The number of amides is 1. The first-order chi connectivity index (χ1) is 16.4. The summed E-state index contributed by atoms with van der Waals surface area (Å²) in [6.45, 7) is -1.02. The summed E-state index contributed by atoms with van der Waals surface area (Å²) in [5.74, 6) is -1.73. The molecule has 1 aromatic carbocycles. The van der Waals surface area contributed by atoms with Gasteiger partial charge in [0.1, 0.15) is 42.6 Å². The average Bonchev–Trinajstić information content (AvgIpc) is 2.78. The van der Waals surface area contributed by atoms with E-state index in [2.05, 4.69) is 9.98 Å². The van der Waals surface area contributed by atoms with Crippen molar-refractivity contribution in [3.63, 3.8) is 0 Å². The Hall–Kier alpha value is -4.05. The third-order valence-corrected chi connectivity index (χ3v) is 4.96. The molecule has 1 aliphatic rings. The fourth-order valence-corrected chi connectivity index (χ4v) is 3.27. The molecule has 2 atom stereocenters. The number of aromatic nitrogens is 1. The average molecular weight is 496 g/mol. The van der Waals surface area contributed by atoms with E-state index in [9.17, 15) is 26.7 Å². The summed E-state index contributed by atoms with van der Waals surface area (Å²) < 4.78 is 77.9. The molecule has 0 unspecified atom stereocenters. The number of rotatable bonds is 5. The molecule has 0 saturated carbocycles. The van der Waals surface area contributed by atoms with Gasteiger partial charge in [-0.3, -0.25) is 4.98 Å². The highest BCUT2D eigenvalue weighted by Gasteiger charge is 2.45. The van der Waals surface area contributed by atoms with Crippen LogP contribution in [-0.2, 0) is 15.0 Å². The zero-order chi connectivity index (χ0) is 25.8. The first-order valence-electron chi connectivity index (χ1n) is 9.86. The molecule has 0 aliphatic carbocycles. The Morgan fingerprint density at radius 2 is 2.14 bits per heavy atom. The number of nitrogens with zero attached hydrogens (tertiary/aromatic N) is 3. The van der Waals surface area contributed by atoms with Crippen molar-refractivity contribution in [1.82, 2.24) is 10.3 Å². The smallest absolute Gasteiger partial charge is 0.412 e. The molecule has 0 fully saturated rings. The number of hydrogen-bond acceptors (Lipinski definition) is 6. The maximum absolute atomic E-state index is 14.9. The van der Waals surface area contributed by atoms with Crippen molar-refractivity contribution in [2.75, 3.05) is 13.2 Å². The molecule has 0 saturated heterocycles. The lowest BCUT2D eigenvalue weighted by Gasteiger charge is -2.38. The van der Waals surface area contributed by atoms with Crippen LogP contribution in [0.25, 0.3) is 11.9 Å². The minimum atomic E-state index is -4.70. The monoisotopic (exact) mass is 496 g/mol. The first-order valence-corrected chi connectivity index (χ1v) is 9.86. The van der Waals surface area contributed by atoms with Crippen LogP contribution in [0, 0.1) is 17.1 Å². The summed E-state index contributed by atoms with van der Waals surface area (Å²) in [4.78, 5) is 18.8. The summed E-state index contributed by atoms with van der Waals surface area (Å²) in [6.07, 6.45) is -5.57. The summed E-state index contributed by atoms with van der Waals surface area (Å²) >= 11 is 0. The Bertz CT molecular complexity index is 1210. The van der Waals surface area contributed by atoms with Crippen LogP contribution in [-0.4, -0.2) is 47.7 Å². The number of aliphatic imine (C=N–C) groups is 1. The zero-order valence-corrected chi connectivity index (χ0v) is 17.9. The Morgan fingerprint density at radius 1 is 1.40 bits per heavy atom. The standard InChI is InChI=1S/C22H17F5N4O4/c1-21(18(35-11-22(25,26)27)10-34-19(31-21)30-20(32)33)14-6-12(2-4-15(14)23)7-16(24)17-5-3-13(8-28)9-29-17/h2-7,9,18H,10-11H2,1H3,(H,30,31)(H,32,33)/b16-7-/t18-,21+/m0/s1. The lowest BCUT2D eigenvalue weighted by Crippen LogP contribution is -2.50. The summed E-state index contributed by atoms with van der Waals surface area (Å²) in [7, 11) is 0. The third kappa shape index (κ3) is 6.30. The molecule has 0 bridgehead atoms. The topological polar surface area (TPSA) is 117 Å². The highest BCUT2D eigenvalue weighted by molar-refractivity contribution is 5.90. The Balaban J connectivity index is 2.03. The van der Waals surface area contributed by atoms with Crippen molar-refractivity contribution in [2.45, 2.75) is 24.7 Å². The highest BCUT2D eigenvalue weighted by atomic mass is 19.4. The van der Waals surface area contributed by atoms with Crippen molar-refractivity contribution in [3.05, 3.63) is 64.7 Å². The van der Waals surface area contributed by atoms with E-state index < -0.39 is 54.8 Å². The first kappa shape index (κ1) is 25.6. The third-order valence-electron chi connectivity index (χ3n) is 4.96. The van der Waals surface area contributed by atoms with Gasteiger partial charge in [-0.25, -0.2) is 23.9 Å². The van der Waals surface area contributed by atoms with Crippen LogP contribution in [0.15, 0.2) is 41.5 Å². The van der Waals surface area contributed by atoms with Gasteiger partial charge in [-0.2, -0.15) is 18.4 Å². The molecule has 1 aromatic heterocycles. The molecule has 8 nitrogen and oxygen atoms in total. The second-order valence-electron chi connectivity index (χ2n) is 7.50. The maximum Gasteiger partial charge on any atom is 0.412 e. The second kappa shape index (κ2) is 10.1. The van der Waals surface area contributed by atoms with E-state index in [-0.39, 0.29) is 22.4 Å². The predicted molar refractivity (Wildman–Crippen MR) is 112 cm³/mol. The number of halogens is 5. The van der Waals surface area contributed by atoms with Gasteiger partial charge >= 0.3 is 12.3 Å². The number of pyridine rings is 1. The molecular weight excluding hydrogens is 479 g/mol. The number of carbonyl (C=O) groups is 1. The molecule has 1 amide bonds. The summed E-state index contributed by atoms with van der Waals surface area (Å²) in [5, 5.41) is 19.6. The normalized spacial score (nSPS) is 20.4. The van der Waals surface area contributed by atoms with Crippen molar-refractivity contribution < 1.29 is 41.3 Å². The molecule has 3 rings (SSSR count). The number of alkyl halides is 3. The van der Waals surface area contributed by atoms with Crippen molar-refractivity contribution >= 4 is 24.0 Å². The predicted octanol–water partition coefficient (Wildman–Crippen LogP) is 4.38. The van der Waals surface area contributed by atoms with Crippen LogP contribution < -0.4 is 5.32 Å². The molecule has 0 radical (unpaired) electrons. The minimum Gasteiger partial charge on any atom is -0.465 e. The fraction of sp³-hybridized carbons (Fsp3) is 0.273. The van der Waals surface area contributed by atoms with Gasteiger partial charge in [0.15, 0.2) is 0 Å². The van der Waals surface area contributed by atoms with Gasteiger partial charge in [0.2, 0.25) is 0 Å². The Morgan fingerprint density at radius 3 is 2.74 bits per heavy atom. The van der Waals surface area contributed by atoms with Gasteiger partial charge in [-0.15, -0.1) is 0 Å². The van der Waals surface area contributed by atoms with Gasteiger partial charge < -0.3 is 14.6 Å². The maximum atomic E-state index is 14.9. The molecule has 1 aliphatic heterocycles. The van der Waals surface area contributed by atoms with E-state index in [1.807, 2.05) is 11.4 Å². The Kier molecular flexibility index (Phi) is 7.35. The van der Waals surface area contributed by atoms with Crippen LogP contribution in [0.5, 0.6) is 0 Å². The van der Waals surface area contributed by atoms with E-state index in [4.69, 9.17) is 19.8 Å². The number of nitrogens with one attached hydrogen (secondary N) is 1. The number of benzene rings is 1. The van der Waals surface area contributed by atoms with Gasteiger partial charge in [0, 0.05) is 11.8 Å². The van der Waals surface area contributed by atoms with E-state index >= 15 is 0 Å². The molecule has 2 aromatic rings. The lowest BCUT2D eigenvalue weighted by atomic mass is 9.85. The molecular formula is C22H17F5N4O4. The Labute approximate surface area is 195 Å². The SMILES string of the molecule is C[C@]1(c2cc(/C=C(\F)c3ccc(C#N)cn3)ccc2F)N=C(NC(=O)O)OC[C@@H]1OCC(F)(F)F. The number of carboxylic acid groups (broad SMARTS) is 1. The largest absolute Gasteiger partial charge is 0.465 e. The lowest BCUT2D eigenvalue weighted by molar-refractivity contribution is -0.197. The fourth-order valence-electron chi connectivity index (χ4n) is 3.27. The van der Waals surface area contributed by atoms with Crippen molar-refractivity contribution in [1.29, 1.82) is 5.26 Å². The van der Waals surface area contributed by atoms with Gasteiger partial charge in [-0.1, -0.05) is 6.07 Å². The van der Waals surface area contributed by atoms with Crippen LogP contribution in [0.2, 0.25) is 0 Å². The van der Waals surface area contributed by atoms with E-state index in [0.717, 1.165) is 24.4 Å². The minimum absolute atomic E-state index is 0.107. The zero-order valence-electron chi connectivity index (χ0n) is 17.9. The van der Waals surface area contributed by atoms with Crippen LogP contribution in [0.3, 0.4) is 0 Å². The molecule has 0 spiro atoms. The van der Waals surface area contributed by atoms with E-state index in [1.165, 1.54) is 25.1 Å². The summed E-state index contributed by atoms with van der Waals surface area (Å²) in [6, 6.07) is 7.22. The van der Waals surface area contributed by atoms with E-state index in [0.29, 0.717) is 0 Å². The van der Waals surface area contributed by atoms with E-state index in [1.54, 1.807) is 0 Å². The van der Waals surface area contributed by atoms with Gasteiger partial charge in [0.05, 0.1) is 11.3 Å². The van der Waals surface area contributed by atoms with Crippen LogP contribution in [0.4, 0.5) is 26.7 Å². The number of nitriles is 1. The molecule has 13 heteroatoms. The highest BCUT2D eigenvalue weighted by Crippen LogP contribution is 2.37. The molecule has 2 N–H and O–H groups in total. The second-order valence-corrected chi connectivity index (χ2v) is 7.50. The quantitative estimate of drug-likeness (QED) is 0.594. The van der Waals surface area contributed by atoms with Gasteiger partial charge in [0.25, 0.3) is 6.02 Å². The summed E-state index contributed by atoms with van der Waals surface area (Å²) in [5.41, 5.74) is -1.95. The van der Waals surface area contributed by atoms with Crippen LogP contribution >= 0.6 is 0 Å². The van der Waals surface area contributed by atoms with Crippen molar-refractivity contribution in [2.24, 2.45) is 4.99 Å². The number of ether oxygens (including phenoxy) is 2. The number of hydrogen-bond donors (Lipinski definition) is 2. The molecule has 2 heterocycles. The van der Waals surface area contributed by atoms with Gasteiger partial charge in [-0.05, 0) is 42.8 Å². The number of amidine groups is 1. The molecule has 184 valence electrons. The van der Waals surface area contributed by atoms with Crippen molar-refractivity contribution in [3.8, 4) is 6.07 Å².